The van der Waals surface area contributed by atoms with E-state index in [4.69, 9.17) is 4.74 Å². The molecule has 3 rings (SSSR count). The quantitative estimate of drug-likeness (QED) is 0.876. The normalized spacial score (nSPS) is 21.7. The molecular weight excluding hydrogens is 314 g/mol. The average molecular weight is 335 g/mol. The molecule has 0 radical (unpaired) electrons. The van der Waals surface area contributed by atoms with Gasteiger partial charge in [0.15, 0.2) is 0 Å². The first-order valence-electron chi connectivity index (χ1n) is 7.79. The summed E-state index contributed by atoms with van der Waals surface area (Å²) in [5.74, 6) is -0.164. The number of benzene rings is 1. The van der Waals surface area contributed by atoms with Gasteiger partial charge in [-0.1, -0.05) is 11.8 Å². The smallest absolute Gasteiger partial charge is 0.252 e. The van der Waals surface area contributed by atoms with Crippen LogP contribution < -0.4 is 10.6 Å². The molecule has 1 aromatic carbocycles. The molecule has 2 N–H and O–H groups in total. The minimum absolute atomic E-state index is 0.0363. The predicted octanol–water partition coefficient (Wildman–Crippen LogP) is 1.53. The molecular formula is C16H21N3O3S. The van der Waals surface area contributed by atoms with E-state index < -0.39 is 0 Å². The van der Waals surface area contributed by atoms with Crippen molar-refractivity contribution in [3.8, 4) is 0 Å². The van der Waals surface area contributed by atoms with Gasteiger partial charge in [0.05, 0.1) is 18.9 Å². The highest BCUT2D eigenvalue weighted by Crippen LogP contribution is 2.37. The van der Waals surface area contributed by atoms with Crippen molar-refractivity contribution in [1.29, 1.82) is 0 Å². The number of nitrogens with zero attached hydrogens (tertiary/aromatic N) is 1. The van der Waals surface area contributed by atoms with E-state index in [0.717, 1.165) is 18.0 Å². The van der Waals surface area contributed by atoms with Crippen LogP contribution in [0.4, 0.5) is 5.69 Å². The van der Waals surface area contributed by atoms with Crippen LogP contribution in [-0.4, -0.2) is 54.4 Å². The highest BCUT2D eigenvalue weighted by molar-refractivity contribution is 8.00. The average Bonchev–Trinajstić information content (AvgIpc) is 2.54. The standard InChI is InChI=1S/C16H21N3O3S/c1-10(2)17-14(20)11-3-4-13-12(9-11)18-15(21)16(23-13)19-5-7-22-8-6-19/h3-4,9-10,16H,5-8H2,1-2H3,(H,17,20)(H,18,21). The van der Waals surface area contributed by atoms with Gasteiger partial charge in [0, 0.05) is 29.6 Å². The van der Waals surface area contributed by atoms with Gasteiger partial charge >= 0.3 is 0 Å². The van der Waals surface area contributed by atoms with Crippen molar-refractivity contribution in [2.24, 2.45) is 0 Å². The molecule has 2 aliphatic heterocycles. The zero-order chi connectivity index (χ0) is 16.4. The Morgan fingerprint density at radius 3 is 2.83 bits per heavy atom. The van der Waals surface area contributed by atoms with Crippen LogP contribution in [0.2, 0.25) is 0 Å². The van der Waals surface area contributed by atoms with Crippen molar-refractivity contribution in [3.05, 3.63) is 23.8 Å². The molecule has 1 aromatic rings. The molecule has 0 aromatic heterocycles. The number of ether oxygens (including phenoxy) is 1. The molecule has 0 aliphatic carbocycles. The number of fused-ring (bicyclic) bond motifs is 1. The summed E-state index contributed by atoms with van der Waals surface area (Å²) in [6, 6.07) is 5.53. The van der Waals surface area contributed by atoms with Gasteiger partial charge in [-0.2, -0.15) is 0 Å². The Labute approximate surface area is 139 Å². The lowest BCUT2D eigenvalue weighted by atomic mass is 10.1. The number of morpholine rings is 1. The molecule has 0 saturated carbocycles. The van der Waals surface area contributed by atoms with Gasteiger partial charge in [-0.05, 0) is 32.0 Å². The summed E-state index contributed by atoms with van der Waals surface area (Å²) >= 11 is 1.53. The van der Waals surface area contributed by atoms with Crippen molar-refractivity contribution < 1.29 is 14.3 Å². The Kier molecular flexibility index (Phi) is 4.89. The van der Waals surface area contributed by atoms with Crippen molar-refractivity contribution in [2.45, 2.75) is 30.2 Å². The first-order chi connectivity index (χ1) is 11.0. The third-order valence-electron chi connectivity index (χ3n) is 3.76. The van der Waals surface area contributed by atoms with E-state index in [1.54, 1.807) is 12.1 Å². The third-order valence-corrected chi connectivity index (χ3v) is 5.11. The maximum absolute atomic E-state index is 12.4. The van der Waals surface area contributed by atoms with Crippen molar-refractivity contribution in [2.75, 3.05) is 31.6 Å². The van der Waals surface area contributed by atoms with Crippen LogP contribution >= 0.6 is 11.8 Å². The highest BCUT2D eigenvalue weighted by atomic mass is 32.2. The molecule has 124 valence electrons. The predicted molar refractivity (Wildman–Crippen MR) is 89.7 cm³/mol. The molecule has 1 atom stereocenters. The number of rotatable bonds is 3. The van der Waals surface area contributed by atoms with Crippen molar-refractivity contribution in [3.63, 3.8) is 0 Å². The van der Waals surface area contributed by atoms with E-state index in [-0.39, 0.29) is 23.2 Å². The summed E-state index contributed by atoms with van der Waals surface area (Å²) < 4.78 is 5.34. The zero-order valence-corrected chi connectivity index (χ0v) is 14.1. The van der Waals surface area contributed by atoms with Gasteiger partial charge in [-0.15, -0.1) is 0 Å². The summed E-state index contributed by atoms with van der Waals surface area (Å²) in [6.07, 6.45) is 0. The van der Waals surface area contributed by atoms with Gasteiger partial charge < -0.3 is 15.4 Å². The Morgan fingerprint density at radius 1 is 1.39 bits per heavy atom. The number of amides is 2. The van der Waals surface area contributed by atoms with Gasteiger partial charge in [-0.25, -0.2) is 0 Å². The Bertz CT molecular complexity index is 615. The summed E-state index contributed by atoms with van der Waals surface area (Å²) in [6.45, 7) is 6.67. The van der Waals surface area contributed by atoms with Crippen LogP contribution in [0.1, 0.15) is 24.2 Å². The fourth-order valence-corrected chi connectivity index (χ4v) is 3.79. The Balaban J connectivity index is 1.77. The second-order valence-corrected chi connectivity index (χ2v) is 7.07. The van der Waals surface area contributed by atoms with Crippen molar-refractivity contribution in [1.82, 2.24) is 10.2 Å². The lowest BCUT2D eigenvalue weighted by molar-refractivity contribution is -0.119. The first-order valence-corrected chi connectivity index (χ1v) is 8.67. The fourth-order valence-electron chi connectivity index (χ4n) is 2.64. The summed E-state index contributed by atoms with van der Waals surface area (Å²) in [7, 11) is 0. The number of thioether (sulfide) groups is 1. The lowest BCUT2D eigenvalue weighted by Crippen LogP contribution is -2.48. The molecule has 1 unspecified atom stereocenters. The number of anilines is 1. The molecule has 1 saturated heterocycles. The fraction of sp³-hybridized carbons (Fsp3) is 0.500. The Morgan fingerprint density at radius 2 is 2.13 bits per heavy atom. The Hall–Kier alpha value is -1.57. The van der Waals surface area contributed by atoms with E-state index in [2.05, 4.69) is 15.5 Å². The number of hydrogen-bond acceptors (Lipinski definition) is 5. The number of nitrogens with one attached hydrogen (secondary N) is 2. The van der Waals surface area contributed by atoms with Gasteiger partial charge in [0.2, 0.25) is 0 Å². The maximum Gasteiger partial charge on any atom is 0.252 e. The van der Waals surface area contributed by atoms with Gasteiger partial charge in [-0.3, -0.25) is 14.5 Å². The molecule has 23 heavy (non-hydrogen) atoms. The highest BCUT2D eigenvalue weighted by Gasteiger charge is 2.33. The van der Waals surface area contributed by atoms with E-state index in [1.807, 2.05) is 19.9 Å². The van der Waals surface area contributed by atoms with E-state index in [9.17, 15) is 9.59 Å². The second kappa shape index (κ2) is 6.90. The van der Waals surface area contributed by atoms with Crippen molar-refractivity contribution >= 4 is 29.3 Å². The van der Waals surface area contributed by atoms with Crippen LogP contribution in [0.25, 0.3) is 0 Å². The molecule has 2 amide bonds. The number of carbonyl (C=O) groups is 2. The van der Waals surface area contributed by atoms with E-state index in [0.29, 0.717) is 24.5 Å². The summed E-state index contributed by atoms with van der Waals surface area (Å²) in [5.41, 5.74) is 1.27. The number of hydrogen-bond donors (Lipinski definition) is 2. The molecule has 7 heteroatoms. The van der Waals surface area contributed by atoms with Crippen LogP contribution in [0.5, 0.6) is 0 Å². The molecule has 0 spiro atoms. The topological polar surface area (TPSA) is 70.7 Å². The van der Waals surface area contributed by atoms with Crippen LogP contribution in [0.15, 0.2) is 23.1 Å². The van der Waals surface area contributed by atoms with Crippen LogP contribution in [0, 0.1) is 0 Å². The summed E-state index contributed by atoms with van der Waals surface area (Å²) in [5, 5.41) is 5.56. The largest absolute Gasteiger partial charge is 0.379 e. The SMILES string of the molecule is CC(C)NC(=O)c1ccc2c(c1)NC(=O)C(N1CCOCC1)S2. The molecule has 6 nitrogen and oxygen atoms in total. The third kappa shape index (κ3) is 3.68. The second-order valence-electron chi connectivity index (χ2n) is 5.95. The molecule has 1 fully saturated rings. The lowest BCUT2D eigenvalue weighted by Gasteiger charge is -2.35. The van der Waals surface area contributed by atoms with Crippen LogP contribution in [0.3, 0.4) is 0 Å². The van der Waals surface area contributed by atoms with E-state index in [1.165, 1.54) is 11.8 Å². The maximum atomic E-state index is 12.4. The van der Waals surface area contributed by atoms with E-state index >= 15 is 0 Å². The van der Waals surface area contributed by atoms with Gasteiger partial charge in [0.25, 0.3) is 11.8 Å². The molecule has 0 bridgehead atoms. The minimum atomic E-state index is -0.234. The number of carbonyl (C=O) groups excluding carboxylic acids is 2. The van der Waals surface area contributed by atoms with Gasteiger partial charge in [0.1, 0.15) is 5.37 Å². The van der Waals surface area contributed by atoms with Crippen LogP contribution in [-0.2, 0) is 9.53 Å². The zero-order valence-electron chi connectivity index (χ0n) is 13.3. The first kappa shape index (κ1) is 16.3. The molecule has 2 aliphatic rings. The molecule has 2 heterocycles. The minimum Gasteiger partial charge on any atom is -0.379 e. The summed E-state index contributed by atoms with van der Waals surface area (Å²) in [4.78, 5) is 27.6. The monoisotopic (exact) mass is 335 g/mol.